The van der Waals surface area contributed by atoms with Crippen LogP contribution < -0.4 is 5.56 Å². The standard InChI is InChI=1S/C17H22N2O3S/c1-4-11(3)22-14(20)8-19-9-18-16-15(17(19)21)12-6-5-10(2)7-13(12)23-16/h9-11H,4-8H2,1-3H3/t10-,11+/m1/s1. The van der Waals surface area contributed by atoms with Gasteiger partial charge in [-0.2, -0.15) is 0 Å². The molecule has 3 rings (SSSR count). The Hall–Kier alpha value is -1.69. The summed E-state index contributed by atoms with van der Waals surface area (Å²) in [5.41, 5.74) is 1.02. The van der Waals surface area contributed by atoms with Crippen molar-refractivity contribution in [1.82, 2.24) is 9.55 Å². The second-order valence-electron chi connectivity index (χ2n) is 6.42. The highest BCUT2D eigenvalue weighted by atomic mass is 32.1. The number of ether oxygens (including phenoxy) is 1. The molecule has 5 nitrogen and oxygen atoms in total. The second kappa shape index (κ2) is 6.43. The Bertz CT molecular complexity index is 793. The van der Waals surface area contributed by atoms with Crippen molar-refractivity contribution in [2.45, 2.75) is 59.1 Å². The van der Waals surface area contributed by atoms with Gasteiger partial charge in [-0.1, -0.05) is 13.8 Å². The Morgan fingerprint density at radius 1 is 1.57 bits per heavy atom. The van der Waals surface area contributed by atoms with E-state index in [9.17, 15) is 9.59 Å². The van der Waals surface area contributed by atoms with Crippen LogP contribution in [0, 0.1) is 5.92 Å². The van der Waals surface area contributed by atoms with E-state index >= 15 is 0 Å². The van der Waals surface area contributed by atoms with Gasteiger partial charge in [-0.3, -0.25) is 14.2 Å². The van der Waals surface area contributed by atoms with Gasteiger partial charge in [-0.05, 0) is 44.1 Å². The summed E-state index contributed by atoms with van der Waals surface area (Å²) in [7, 11) is 0. The maximum atomic E-state index is 12.8. The van der Waals surface area contributed by atoms with Crippen molar-refractivity contribution < 1.29 is 9.53 Å². The van der Waals surface area contributed by atoms with Crippen LogP contribution in [0.15, 0.2) is 11.1 Å². The van der Waals surface area contributed by atoms with Crippen molar-refractivity contribution in [3.63, 3.8) is 0 Å². The Balaban J connectivity index is 1.93. The minimum Gasteiger partial charge on any atom is -0.461 e. The molecular weight excluding hydrogens is 312 g/mol. The molecule has 0 radical (unpaired) electrons. The summed E-state index contributed by atoms with van der Waals surface area (Å²) in [5, 5.41) is 0.704. The van der Waals surface area contributed by atoms with Crippen LogP contribution in [0.5, 0.6) is 0 Å². The van der Waals surface area contributed by atoms with Crippen LogP contribution in [0.4, 0.5) is 0 Å². The minimum atomic E-state index is -0.389. The lowest BCUT2D eigenvalue weighted by Gasteiger charge is -2.17. The molecule has 0 aromatic carbocycles. The fourth-order valence-electron chi connectivity index (χ4n) is 2.96. The molecule has 124 valence electrons. The van der Waals surface area contributed by atoms with Gasteiger partial charge in [-0.15, -0.1) is 11.3 Å². The first-order valence-electron chi connectivity index (χ1n) is 8.18. The van der Waals surface area contributed by atoms with Crippen LogP contribution in [0.2, 0.25) is 0 Å². The third-order valence-corrected chi connectivity index (χ3v) is 5.65. The van der Waals surface area contributed by atoms with Crippen LogP contribution in [0.25, 0.3) is 10.2 Å². The summed E-state index contributed by atoms with van der Waals surface area (Å²) >= 11 is 1.62. The molecule has 1 aliphatic carbocycles. The monoisotopic (exact) mass is 334 g/mol. The molecule has 0 saturated heterocycles. The van der Waals surface area contributed by atoms with Gasteiger partial charge in [0.15, 0.2) is 0 Å². The van der Waals surface area contributed by atoms with E-state index < -0.39 is 0 Å². The summed E-state index contributed by atoms with van der Waals surface area (Å²) in [6.45, 7) is 5.96. The first-order chi connectivity index (χ1) is 11.0. The molecule has 0 spiro atoms. The van der Waals surface area contributed by atoms with Gasteiger partial charge in [0, 0.05) is 4.88 Å². The molecule has 0 saturated carbocycles. The molecular formula is C17H22N2O3S. The predicted molar refractivity (Wildman–Crippen MR) is 90.9 cm³/mol. The van der Waals surface area contributed by atoms with E-state index in [0.29, 0.717) is 11.3 Å². The number of nitrogens with zero attached hydrogens (tertiary/aromatic N) is 2. The third kappa shape index (κ3) is 3.17. The van der Waals surface area contributed by atoms with Crippen molar-refractivity contribution in [2.75, 3.05) is 0 Å². The summed E-state index contributed by atoms with van der Waals surface area (Å²) in [4.78, 5) is 31.2. The van der Waals surface area contributed by atoms with E-state index in [2.05, 4.69) is 11.9 Å². The Labute approximate surface area is 139 Å². The topological polar surface area (TPSA) is 61.2 Å². The molecule has 2 aromatic heterocycles. The van der Waals surface area contributed by atoms with Crippen molar-refractivity contribution in [1.29, 1.82) is 0 Å². The number of carbonyl (C=O) groups is 1. The minimum absolute atomic E-state index is 0.0763. The average molecular weight is 334 g/mol. The van der Waals surface area contributed by atoms with Crippen molar-refractivity contribution in [3.05, 3.63) is 27.1 Å². The number of aryl methyl sites for hydroxylation is 1. The zero-order valence-corrected chi connectivity index (χ0v) is 14.6. The van der Waals surface area contributed by atoms with Crippen LogP contribution in [0.3, 0.4) is 0 Å². The summed E-state index contributed by atoms with van der Waals surface area (Å²) < 4.78 is 6.63. The smallest absolute Gasteiger partial charge is 0.326 e. The second-order valence-corrected chi connectivity index (χ2v) is 7.50. The Morgan fingerprint density at radius 3 is 3.09 bits per heavy atom. The molecule has 2 heterocycles. The molecule has 0 bridgehead atoms. The Morgan fingerprint density at radius 2 is 2.35 bits per heavy atom. The Kier molecular flexibility index (Phi) is 4.53. The van der Waals surface area contributed by atoms with Gasteiger partial charge >= 0.3 is 5.97 Å². The molecule has 0 aliphatic heterocycles. The van der Waals surface area contributed by atoms with Crippen LogP contribution in [0.1, 0.15) is 44.1 Å². The first-order valence-corrected chi connectivity index (χ1v) is 9.00. The molecule has 0 fully saturated rings. The number of carbonyl (C=O) groups excluding carboxylic acids is 1. The van der Waals surface area contributed by atoms with E-state index in [0.717, 1.165) is 36.1 Å². The van der Waals surface area contributed by atoms with Crippen molar-refractivity contribution >= 4 is 27.5 Å². The number of esters is 1. The van der Waals surface area contributed by atoms with E-state index in [1.54, 1.807) is 11.3 Å². The number of rotatable bonds is 4. The number of hydrogen-bond acceptors (Lipinski definition) is 5. The molecule has 1 aliphatic rings. The van der Waals surface area contributed by atoms with E-state index in [-0.39, 0.29) is 24.2 Å². The SMILES string of the molecule is CC[C@H](C)OC(=O)Cn1cnc2sc3c(c2c1=O)CC[C@@H](C)C3. The predicted octanol–water partition coefficient (Wildman–Crippen LogP) is 2.92. The molecule has 0 N–H and O–H groups in total. The largest absolute Gasteiger partial charge is 0.461 e. The lowest BCUT2D eigenvalue weighted by Crippen LogP contribution is -2.27. The molecule has 23 heavy (non-hydrogen) atoms. The van der Waals surface area contributed by atoms with Crippen LogP contribution in [-0.4, -0.2) is 21.6 Å². The summed E-state index contributed by atoms with van der Waals surface area (Å²) in [5.74, 6) is 0.267. The van der Waals surface area contributed by atoms with Gasteiger partial charge in [0.1, 0.15) is 11.4 Å². The van der Waals surface area contributed by atoms with E-state index in [1.165, 1.54) is 15.8 Å². The molecule has 0 amide bonds. The molecule has 6 heteroatoms. The normalized spacial score (nSPS) is 18.7. The van der Waals surface area contributed by atoms with E-state index in [4.69, 9.17) is 4.74 Å². The molecule has 2 aromatic rings. The lowest BCUT2D eigenvalue weighted by molar-refractivity contribution is -0.149. The first kappa shape index (κ1) is 16.2. The van der Waals surface area contributed by atoms with Crippen LogP contribution in [-0.2, 0) is 28.9 Å². The van der Waals surface area contributed by atoms with Gasteiger partial charge in [-0.25, -0.2) is 4.98 Å². The van der Waals surface area contributed by atoms with Gasteiger partial charge in [0.25, 0.3) is 5.56 Å². The van der Waals surface area contributed by atoms with Crippen molar-refractivity contribution in [3.8, 4) is 0 Å². The highest BCUT2D eigenvalue weighted by Gasteiger charge is 2.23. The number of hydrogen-bond donors (Lipinski definition) is 0. The number of fused-ring (bicyclic) bond motifs is 3. The zero-order valence-electron chi connectivity index (χ0n) is 13.8. The molecule has 0 unspecified atom stereocenters. The van der Waals surface area contributed by atoms with Gasteiger partial charge in [0.2, 0.25) is 0 Å². The highest BCUT2D eigenvalue weighted by molar-refractivity contribution is 7.18. The maximum absolute atomic E-state index is 12.8. The third-order valence-electron chi connectivity index (χ3n) is 4.49. The van der Waals surface area contributed by atoms with Gasteiger partial charge < -0.3 is 4.74 Å². The van der Waals surface area contributed by atoms with Crippen LogP contribution >= 0.6 is 11.3 Å². The fraction of sp³-hybridized carbons (Fsp3) is 0.588. The van der Waals surface area contributed by atoms with Gasteiger partial charge in [0.05, 0.1) is 17.8 Å². The zero-order chi connectivity index (χ0) is 16.6. The molecule has 2 atom stereocenters. The van der Waals surface area contributed by atoms with Crippen molar-refractivity contribution in [2.24, 2.45) is 5.92 Å². The summed E-state index contributed by atoms with van der Waals surface area (Å²) in [6.07, 6.45) is 5.14. The lowest BCUT2D eigenvalue weighted by atomic mass is 9.89. The average Bonchev–Trinajstić information content (AvgIpc) is 2.88. The highest BCUT2D eigenvalue weighted by Crippen LogP contribution is 2.35. The van der Waals surface area contributed by atoms with E-state index in [1.807, 2.05) is 13.8 Å². The quantitative estimate of drug-likeness (QED) is 0.807. The number of thiophene rings is 1. The summed E-state index contributed by atoms with van der Waals surface area (Å²) in [6, 6.07) is 0. The fourth-order valence-corrected chi connectivity index (χ4v) is 4.30. The number of aromatic nitrogens is 2. The maximum Gasteiger partial charge on any atom is 0.326 e.